The van der Waals surface area contributed by atoms with E-state index in [1.54, 1.807) is 0 Å². The topological polar surface area (TPSA) is 49.4 Å². The number of hydrogen-bond donors (Lipinski definition) is 1. The van der Waals surface area contributed by atoms with Crippen LogP contribution in [0, 0.1) is 5.82 Å². The third-order valence-corrected chi connectivity index (χ3v) is 5.47. The molecule has 4 nitrogen and oxygen atoms in total. The van der Waals surface area contributed by atoms with Crippen LogP contribution in [0.5, 0.6) is 0 Å². The SMILES string of the molecule is CC1CC(Nc2cc(S(C)(=O)=O)ccc2F)CN1C1CC1. The van der Waals surface area contributed by atoms with E-state index in [1.807, 2.05) is 0 Å². The summed E-state index contributed by atoms with van der Waals surface area (Å²) in [6, 6.07) is 5.29. The first kappa shape index (κ1) is 14.8. The summed E-state index contributed by atoms with van der Waals surface area (Å²) >= 11 is 0. The van der Waals surface area contributed by atoms with Crippen molar-refractivity contribution in [2.24, 2.45) is 0 Å². The van der Waals surface area contributed by atoms with Crippen LogP contribution in [0.4, 0.5) is 10.1 Å². The summed E-state index contributed by atoms with van der Waals surface area (Å²) in [6.07, 6.45) is 4.61. The van der Waals surface area contributed by atoms with Crippen molar-refractivity contribution in [2.45, 2.75) is 49.2 Å². The van der Waals surface area contributed by atoms with E-state index in [1.165, 1.54) is 31.0 Å². The number of halogens is 1. The third kappa shape index (κ3) is 3.21. The van der Waals surface area contributed by atoms with Crippen LogP contribution in [0.3, 0.4) is 0 Å². The van der Waals surface area contributed by atoms with Crippen LogP contribution in [0.2, 0.25) is 0 Å². The first-order valence-electron chi connectivity index (χ1n) is 7.36. The Morgan fingerprint density at radius 2 is 2.05 bits per heavy atom. The highest BCUT2D eigenvalue weighted by molar-refractivity contribution is 7.90. The maximum atomic E-state index is 13.9. The Labute approximate surface area is 125 Å². The molecule has 1 saturated heterocycles. The van der Waals surface area contributed by atoms with Gasteiger partial charge in [0.15, 0.2) is 9.84 Å². The third-order valence-electron chi connectivity index (χ3n) is 4.36. The van der Waals surface area contributed by atoms with Gasteiger partial charge >= 0.3 is 0 Å². The summed E-state index contributed by atoms with van der Waals surface area (Å²) in [5, 5.41) is 3.18. The van der Waals surface area contributed by atoms with Gasteiger partial charge in [0, 0.05) is 30.9 Å². The predicted octanol–water partition coefficient (Wildman–Crippen LogP) is 2.27. The summed E-state index contributed by atoms with van der Waals surface area (Å²) in [7, 11) is -3.32. The Hall–Kier alpha value is -1.14. The van der Waals surface area contributed by atoms with E-state index in [0.29, 0.717) is 12.1 Å². The summed E-state index contributed by atoms with van der Waals surface area (Å²) in [6.45, 7) is 3.09. The second-order valence-electron chi connectivity index (χ2n) is 6.27. The molecule has 1 aliphatic heterocycles. The van der Waals surface area contributed by atoms with Gasteiger partial charge in [-0.15, -0.1) is 0 Å². The molecule has 6 heteroatoms. The number of likely N-dealkylation sites (tertiary alicyclic amines) is 1. The molecule has 1 aromatic carbocycles. The molecule has 1 heterocycles. The largest absolute Gasteiger partial charge is 0.379 e. The molecule has 0 aromatic heterocycles. The van der Waals surface area contributed by atoms with E-state index in [4.69, 9.17) is 0 Å². The average Bonchev–Trinajstić information content (AvgIpc) is 3.16. The molecule has 3 rings (SSSR count). The molecular weight excluding hydrogens is 291 g/mol. The molecule has 0 bridgehead atoms. The van der Waals surface area contributed by atoms with Crippen LogP contribution < -0.4 is 5.32 Å². The lowest BCUT2D eigenvalue weighted by molar-refractivity contribution is 0.257. The predicted molar refractivity (Wildman–Crippen MR) is 80.7 cm³/mol. The maximum Gasteiger partial charge on any atom is 0.175 e. The summed E-state index contributed by atoms with van der Waals surface area (Å²) in [5.74, 6) is -0.403. The van der Waals surface area contributed by atoms with Gasteiger partial charge in [-0.2, -0.15) is 0 Å². The molecule has 1 aliphatic carbocycles. The van der Waals surface area contributed by atoms with E-state index in [-0.39, 0.29) is 16.6 Å². The summed E-state index contributed by atoms with van der Waals surface area (Å²) in [5.41, 5.74) is 0.285. The van der Waals surface area contributed by atoms with Gasteiger partial charge in [-0.3, -0.25) is 4.90 Å². The minimum Gasteiger partial charge on any atom is -0.379 e. The molecule has 0 spiro atoms. The Kier molecular flexibility index (Phi) is 3.69. The molecule has 21 heavy (non-hydrogen) atoms. The molecule has 2 unspecified atom stereocenters. The molecular formula is C15H21FN2O2S. The van der Waals surface area contributed by atoms with Gasteiger partial charge in [0.2, 0.25) is 0 Å². The van der Waals surface area contributed by atoms with Crippen LogP contribution in [0.1, 0.15) is 26.2 Å². The van der Waals surface area contributed by atoms with Crippen molar-refractivity contribution in [1.29, 1.82) is 0 Å². The van der Waals surface area contributed by atoms with Crippen molar-refractivity contribution in [1.82, 2.24) is 4.90 Å². The molecule has 0 radical (unpaired) electrons. The number of sulfone groups is 1. The lowest BCUT2D eigenvalue weighted by Gasteiger charge is -2.20. The highest BCUT2D eigenvalue weighted by atomic mass is 32.2. The molecule has 2 fully saturated rings. The minimum absolute atomic E-state index is 0.150. The summed E-state index contributed by atoms with van der Waals surface area (Å²) < 4.78 is 37.1. The average molecular weight is 312 g/mol. The zero-order chi connectivity index (χ0) is 15.2. The fourth-order valence-corrected chi connectivity index (χ4v) is 3.79. The maximum absolute atomic E-state index is 13.9. The standard InChI is InChI=1S/C15H21FN2O2S/c1-10-7-11(9-18(10)12-3-4-12)17-15-8-13(21(2,19)20)5-6-14(15)16/h5-6,8,10-12,17H,3-4,7,9H2,1-2H3. The van der Waals surface area contributed by atoms with Gasteiger partial charge < -0.3 is 5.32 Å². The number of nitrogens with zero attached hydrogens (tertiary/aromatic N) is 1. The van der Waals surface area contributed by atoms with Gasteiger partial charge in [0.25, 0.3) is 0 Å². The second kappa shape index (κ2) is 5.25. The van der Waals surface area contributed by atoms with Crippen molar-refractivity contribution in [3.05, 3.63) is 24.0 Å². The second-order valence-corrected chi connectivity index (χ2v) is 8.28. The quantitative estimate of drug-likeness (QED) is 0.867. The minimum atomic E-state index is -3.32. The van der Waals surface area contributed by atoms with Crippen LogP contribution in [0.15, 0.2) is 23.1 Å². The van der Waals surface area contributed by atoms with Crippen molar-refractivity contribution in [2.75, 3.05) is 18.1 Å². The van der Waals surface area contributed by atoms with E-state index in [2.05, 4.69) is 17.1 Å². The molecule has 116 valence electrons. The van der Waals surface area contributed by atoms with Crippen molar-refractivity contribution in [3.63, 3.8) is 0 Å². The van der Waals surface area contributed by atoms with Gasteiger partial charge in [0.1, 0.15) is 5.82 Å². The fraction of sp³-hybridized carbons (Fsp3) is 0.600. The fourth-order valence-electron chi connectivity index (χ4n) is 3.14. The van der Waals surface area contributed by atoms with Gasteiger partial charge in [-0.05, 0) is 44.4 Å². The van der Waals surface area contributed by atoms with Crippen LogP contribution >= 0.6 is 0 Å². The van der Waals surface area contributed by atoms with Gasteiger partial charge in [-0.25, -0.2) is 12.8 Å². The molecule has 2 aliphatic rings. The molecule has 1 N–H and O–H groups in total. The highest BCUT2D eigenvalue weighted by Gasteiger charge is 2.38. The van der Waals surface area contributed by atoms with Crippen molar-refractivity contribution >= 4 is 15.5 Å². The lowest BCUT2D eigenvalue weighted by atomic mass is 10.2. The van der Waals surface area contributed by atoms with Crippen LogP contribution in [-0.4, -0.2) is 44.2 Å². The molecule has 1 saturated carbocycles. The Morgan fingerprint density at radius 3 is 2.67 bits per heavy atom. The van der Waals surface area contributed by atoms with Crippen LogP contribution in [0.25, 0.3) is 0 Å². The Morgan fingerprint density at radius 1 is 1.33 bits per heavy atom. The van der Waals surface area contributed by atoms with Crippen LogP contribution in [-0.2, 0) is 9.84 Å². The number of benzene rings is 1. The van der Waals surface area contributed by atoms with Gasteiger partial charge in [0.05, 0.1) is 10.6 Å². The Bertz CT molecular complexity index is 643. The van der Waals surface area contributed by atoms with E-state index in [9.17, 15) is 12.8 Å². The van der Waals surface area contributed by atoms with Crippen molar-refractivity contribution < 1.29 is 12.8 Å². The zero-order valence-electron chi connectivity index (χ0n) is 12.3. The highest BCUT2D eigenvalue weighted by Crippen LogP contribution is 2.34. The van der Waals surface area contributed by atoms with E-state index >= 15 is 0 Å². The monoisotopic (exact) mass is 312 g/mol. The normalized spacial score (nSPS) is 27.0. The molecule has 0 amide bonds. The number of hydrogen-bond acceptors (Lipinski definition) is 4. The number of anilines is 1. The van der Waals surface area contributed by atoms with Crippen molar-refractivity contribution in [3.8, 4) is 0 Å². The lowest BCUT2D eigenvalue weighted by Crippen LogP contribution is -2.31. The van der Waals surface area contributed by atoms with E-state index < -0.39 is 15.7 Å². The Balaban J connectivity index is 1.76. The molecule has 1 aromatic rings. The van der Waals surface area contributed by atoms with Gasteiger partial charge in [-0.1, -0.05) is 0 Å². The molecule has 2 atom stereocenters. The summed E-state index contributed by atoms with van der Waals surface area (Å²) in [4.78, 5) is 2.62. The first-order valence-corrected chi connectivity index (χ1v) is 9.25. The number of nitrogens with one attached hydrogen (secondary N) is 1. The first-order chi connectivity index (χ1) is 9.84. The zero-order valence-corrected chi connectivity index (χ0v) is 13.2. The smallest absolute Gasteiger partial charge is 0.175 e. The number of rotatable bonds is 4. The van der Waals surface area contributed by atoms with E-state index in [0.717, 1.165) is 19.2 Å².